The van der Waals surface area contributed by atoms with Gasteiger partial charge in [-0.2, -0.15) is 0 Å². The molecule has 0 unspecified atom stereocenters. The molecule has 0 aromatic carbocycles. The van der Waals surface area contributed by atoms with Crippen molar-refractivity contribution >= 4 is 10.4 Å². The van der Waals surface area contributed by atoms with E-state index < -0.39 is 88.2 Å². The summed E-state index contributed by atoms with van der Waals surface area (Å²) in [5, 5.41) is 64.8. The number of hydrogen-bond donors (Lipinski definition) is 6. The summed E-state index contributed by atoms with van der Waals surface area (Å²) in [5.41, 5.74) is -2.48. The quantitative estimate of drug-likeness (QED) is 0.0878. The van der Waals surface area contributed by atoms with Crippen LogP contribution in [0.5, 0.6) is 0 Å². The van der Waals surface area contributed by atoms with Crippen LogP contribution in [0.2, 0.25) is 0 Å². The van der Waals surface area contributed by atoms with Crippen molar-refractivity contribution in [2.75, 3.05) is 6.61 Å². The second kappa shape index (κ2) is 14.3. The Morgan fingerprint density at radius 3 is 2.22 bits per heavy atom. The SMILES string of the molecule is CC(C)[C@H](CC[C@@H](C)[C@H]1C[C@H](O)[C@@H]2[C@]1(C)CC[C@@H]1[C@@]3(C)CC[C@H](O)C[C@@H]3[C@@H](OS(=O)(=O)[O-])C[C@]12O)O[C@@H]1O[C@@H](CO)[C@H](O)[C@H]1O.[Na+]. The van der Waals surface area contributed by atoms with E-state index in [9.17, 15) is 43.6 Å². The summed E-state index contributed by atoms with van der Waals surface area (Å²) in [6.45, 7) is 9.87. The molecule has 6 N–H and O–H groups in total. The first-order chi connectivity index (χ1) is 20.9. The molecule has 16 atom stereocenters. The van der Waals surface area contributed by atoms with Gasteiger partial charge in [-0.3, -0.25) is 4.18 Å². The zero-order chi connectivity index (χ0) is 33.3. The maximum Gasteiger partial charge on any atom is 1.00 e. The fourth-order valence-electron chi connectivity index (χ4n) is 11.0. The van der Waals surface area contributed by atoms with E-state index in [2.05, 4.69) is 13.8 Å². The Kier molecular flexibility index (Phi) is 12.2. The van der Waals surface area contributed by atoms with E-state index in [0.29, 0.717) is 38.5 Å². The summed E-state index contributed by atoms with van der Waals surface area (Å²) in [6.07, 6.45) is -2.71. The average Bonchev–Trinajstić information content (AvgIpc) is 3.37. The second-order valence-corrected chi connectivity index (χ2v) is 17.0. The standard InChI is InChI=1S/C32H56O12S.Na/c1-16(2)22(42-29-27(37)26(36)24(15-33)43-29)7-6-17(3)19-13-21(35)28-31(19,5)11-9-25-30(4)10-8-18(34)12-20(30)23(14-32(25,28)38)44-45(39,40)41;/h16-29,33-38H,6-15H2,1-5H3,(H,39,40,41);/q;+1/p-1/t17-,18+,19-,20-,21+,22+,23+,24+,25-,26+,27-,28-,29-,30+,31-,32+;/m1./s1. The first-order valence-electron chi connectivity index (χ1n) is 16.9. The first-order valence-corrected chi connectivity index (χ1v) is 18.2. The predicted molar refractivity (Wildman–Crippen MR) is 160 cm³/mol. The van der Waals surface area contributed by atoms with E-state index in [4.69, 9.17) is 13.7 Å². The zero-order valence-electron chi connectivity index (χ0n) is 28.2. The van der Waals surface area contributed by atoms with Crippen LogP contribution in [0.4, 0.5) is 0 Å². The van der Waals surface area contributed by atoms with Gasteiger partial charge < -0.3 is 44.7 Å². The maximum atomic E-state index is 12.7. The monoisotopic (exact) mass is 686 g/mol. The molecule has 0 aromatic rings. The molecule has 262 valence electrons. The van der Waals surface area contributed by atoms with Crippen LogP contribution >= 0.6 is 0 Å². The number of rotatable bonds is 10. The molecule has 1 saturated heterocycles. The topological polar surface area (TPSA) is 206 Å². The second-order valence-electron chi connectivity index (χ2n) is 15.9. The van der Waals surface area contributed by atoms with Gasteiger partial charge in [0.25, 0.3) is 0 Å². The molecule has 0 radical (unpaired) electrons. The van der Waals surface area contributed by atoms with Gasteiger partial charge in [0.2, 0.25) is 10.4 Å². The smallest absolute Gasteiger partial charge is 0.726 e. The van der Waals surface area contributed by atoms with E-state index >= 15 is 0 Å². The molecular weight excluding hydrogens is 631 g/mol. The van der Waals surface area contributed by atoms with Gasteiger partial charge in [0, 0.05) is 12.3 Å². The molecule has 1 heterocycles. The third-order valence-electron chi connectivity index (χ3n) is 13.1. The Labute approximate surface area is 295 Å². The molecule has 0 amide bonds. The van der Waals surface area contributed by atoms with Crippen molar-refractivity contribution in [1.29, 1.82) is 0 Å². The maximum absolute atomic E-state index is 12.7. The summed E-state index contributed by atoms with van der Waals surface area (Å²) in [5.74, 6) is -0.949. The molecule has 5 aliphatic rings. The van der Waals surface area contributed by atoms with Crippen LogP contribution in [0.3, 0.4) is 0 Å². The number of fused-ring (bicyclic) bond motifs is 5. The minimum absolute atomic E-state index is 0. The molecule has 4 aliphatic carbocycles. The Morgan fingerprint density at radius 1 is 0.978 bits per heavy atom. The van der Waals surface area contributed by atoms with E-state index in [-0.39, 0.29) is 65.8 Å². The molecule has 5 fully saturated rings. The molecule has 5 rings (SSSR count). The Balaban J connectivity index is 0.00000480. The van der Waals surface area contributed by atoms with Gasteiger partial charge in [-0.25, -0.2) is 8.42 Å². The third-order valence-corrected chi connectivity index (χ3v) is 13.6. The van der Waals surface area contributed by atoms with Crippen LogP contribution in [-0.2, 0) is 24.1 Å². The molecule has 0 spiro atoms. The largest absolute Gasteiger partial charge is 1.00 e. The van der Waals surface area contributed by atoms with E-state index in [1.54, 1.807) is 0 Å². The molecule has 0 aromatic heterocycles. The van der Waals surface area contributed by atoms with Gasteiger partial charge in [-0.05, 0) is 91.8 Å². The minimum Gasteiger partial charge on any atom is -0.726 e. The molecule has 46 heavy (non-hydrogen) atoms. The van der Waals surface area contributed by atoms with Crippen LogP contribution in [0, 0.1) is 46.3 Å². The van der Waals surface area contributed by atoms with Gasteiger partial charge in [-0.15, -0.1) is 0 Å². The third kappa shape index (κ3) is 7.04. The normalized spacial score (nSPS) is 48.7. The fraction of sp³-hybridized carbons (Fsp3) is 1.00. The first kappa shape index (κ1) is 39.3. The molecule has 14 heteroatoms. The van der Waals surface area contributed by atoms with Crippen molar-refractivity contribution < 1.29 is 86.8 Å². The van der Waals surface area contributed by atoms with Crippen LogP contribution in [0.15, 0.2) is 0 Å². The molecule has 4 saturated carbocycles. The van der Waals surface area contributed by atoms with Gasteiger partial charge in [0.15, 0.2) is 6.29 Å². The fourth-order valence-corrected chi connectivity index (χ4v) is 11.5. The summed E-state index contributed by atoms with van der Waals surface area (Å²) in [7, 11) is -5.07. The molecule has 12 nitrogen and oxygen atoms in total. The van der Waals surface area contributed by atoms with Gasteiger partial charge in [-0.1, -0.05) is 34.6 Å². The summed E-state index contributed by atoms with van der Waals surface area (Å²) in [6, 6.07) is 0. The van der Waals surface area contributed by atoms with E-state index in [1.165, 1.54) is 0 Å². The minimum atomic E-state index is -5.07. The van der Waals surface area contributed by atoms with Gasteiger partial charge in [0.05, 0.1) is 36.6 Å². The van der Waals surface area contributed by atoms with E-state index in [0.717, 1.165) is 12.8 Å². The van der Waals surface area contributed by atoms with E-state index in [1.807, 2.05) is 20.8 Å². The van der Waals surface area contributed by atoms with Crippen molar-refractivity contribution in [2.45, 2.75) is 147 Å². The van der Waals surface area contributed by atoms with Crippen LogP contribution in [0.25, 0.3) is 0 Å². The van der Waals surface area contributed by atoms with Gasteiger partial charge >= 0.3 is 29.6 Å². The predicted octanol–water partition coefficient (Wildman–Crippen LogP) is -1.55. The van der Waals surface area contributed by atoms with Crippen molar-refractivity contribution in [3.05, 3.63) is 0 Å². The molecular formula is C32H55NaO12S. The zero-order valence-corrected chi connectivity index (χ0v) is 31.0. The van der Waals surface area contributed by atoms with Crippen molar-refractivity contribution in [2.24, 2.45) is 46.3 Å². The van der Waals surface area contributed by atoms with Crippen LogP contribution in [0.1, 0.15) is 92.4 Å². The van der Waals surface area contributed by atoms with Crippen molar-refractivity contribution in [1.82, 2.24) is 0 Å². The summed E-state index contributed by atoms with van der Waals surface area (Å²) >= 11 is 0. The molecule has 1 aliphatic heterocycles. The number of aliphatic hydroxyl groups excluding tert-OH is 5. The Hall–Kier alpha value is 0.550. The van der Waals surface area contributed by atoms with Crippen LogP contribution in [-0.4, -0.2) is 105 Å². The van der Waals surface area contributed by atoms with Gasteiger partial charge in [0.1, 0.15) is 18.3 Å². The van der Waals surface area contributed by atoms with Crippen LogP contribution < -0.4 is 29.6 Å². The Bertz CT molecular complexity index is 1160. The Morgan fingerprint density at radius 2 is 1.63 bits per heavy atom. The average molecular weight is 687 g/mol. The summed E-state index contributed by atoms with van der Waals surface area (Å²) in [4.78, 5) is 0. The van der Waals surface area contributed by atoms with Crippen molar-refractivity contribution in [3.8, 4) is 0 Å². The summed E-state index contributed by atoms with van der Waals surface area (Å²) < 4.78 is 52.3. The number of ether oxygens (including phenoxy) is 2. The van der Waals surface area contributed by atoms with Crippen molar-refractivity contribution in [3.63, 3.8) is 0 Å². The number of aliphatic hydroxyl groups is 6. The molecule has 0 bridgehead atoms. The number of hydrogen-bond acceptors (Lipinski definition) is 12.